The third kappa shape index (κ3) is 4.65. The fourth-order valence-corrected chi connectivity index (χ4v) is 7.62. The van der Waals surface area contributed by atoms with Crippen molar-refractivity contribution in [3.8, 4) is 22.3 Å². The Bertz CT molecular complexity index is 2870. The molecular formula is C48H31NO. The van der Waals surface area contributed by atoms with E-state index in [1.165, 1.54) is 54.6 Å². The van der Waals surface area contributed by atoms with E-state index >= 15 is 0 Å². The maximum atomic E-state index is 6.44. The number of rotatable bonds is 5. The van der Waals surface area contributed by atoms with E-state index in [0.717, 1.165) is 39.0 Å². The van der Waals surface area contributed by atoms with Gasteiger partial charge in [0.1, 0.15) is 11.2 Å². The normalized spacial score (nSPS) is 11.6. The van der Waals surface area contributed by atoms with Gasteiger partial charge in [-0.3, -0.25) is 0 Å². The summed E-state index contributed by atoms with van der Waals surface area (Å²) in [6.07, 6.45) is 0. The second kappa shape index (κ2) is 11.5. The van der Waals surface area contributed by atoms with Crippen molar-refractivity contribution in [2.24, 2.45) is 0 Å². The van der Waals surface area contributed by atoms with Crippen LogP contribution in [0.5, 0.6) is 0 Å². The summed E-state index contributed by atoms with van der Waals surface area (Å²) < 4.78 is 6.44. The second-order valence-corrected chi connectivity index (χ2v) is 12.9. The molecule has 0 saturated carbocycles. The fourth-order valence-electron chi connectivity index (χ4n) is 7.62. The van der Waals surface area contributed by atoms with Crippen LogP contribution in [0.3, 0.4) is 0 Å². The highest BCUT2D eigenvalue weighted by Crippen LogP contribution is 2.45. The molecule has 1 heterocycles. The molecule has 0 saturated heterocycles. The Hall–Kier alpha value is -6.64. The summed E-state index contributed by atoms with van der Waals surface area (Å²) >= 11 is 0. The monoisotopic (exact) mass is 637 g/mol. The van der Waals surface area contributed by atoms with Gasteiger partial charge in [0.25, 0.3) is 0 Å². The van der Waals surface area contributed by atoms with Crippen LogP contribution in [-0.4, -0.2) is 0 Å². The first-order valence-electron chi connectivity index (χ1n) is 17.1. The first kappa shape index (κ1) is 28.4. The zero-order valence-electron chi connectivity index (χ0n) is 27.3. The van der Waals surface area contributed by atoms with Crippen LogP contribution in [0.2, 0.25) is 0 Å². The Morgan fingerprint density at radius 1 is 0.320 bits per heavy atom. The molecule has 50 heavy (non-hydrogen) atoms. The molecule has 0 spiro atoms. The highest BCUT2D eigenvalue weighted by Gasteiger charge is 2.21. The number of fused-ring (bicyclic) bond motifs is 7. The molecule has 0 atom stereocenters. The highest BCUT2D eigenvalue weighted by atomic mass is 16.3. The zero-order valence-corrected chi connectivity index (χ0v) is 27.3. The molecule has 0 fully saturated rings. The number of para-hydroxylation sites is 1. The summed E-state index contributed by atoms with van der Waals surface area (Å²) in [5.74, 6) is 0. The SMILES string of the molecule is c1ccc(-c2ccc(N(c3ccc4oc5cc6ccccc6cc5c4c3)c3ccccc3-c3cc4ccccc4c4ccccc34)cc2)cc1. The molecule has 0 bridgehead atoms. The molecule has 9 aromatic carbocycles. The molecule has 2 heteroatoms. The number of hydrogen-bond donors (Lipinski definition) is 0. The first-order valence-corrected chi connectivity index (χ1v) is 17.1. The van der Waals surface area contributed by atoms with Crippen LogP contribution in [0, 0.1) is 0 Å². The van der Waals surface area contributed by atoms with Crippen LogP contribution in [0.15, 0.2) is 192 Å². The Kier molecular flexibility index (Phi) is 6.53. The van der Waals surface area contributed by atoms with Gasteiger partial charge in [-0.2, -0.15) is 0 Å². The van der Waals surface area contributed by atoms with Crippen molar-refractivity contribution in [3.05, 3.63) is 188 Å². The minimum absolute atomic E-state index is 0.882. The third-order valence-electron chi connectivity index (χ3n) is 10.0. The summed E-state index contributed by atoms with van der Waals surface area (Å²) in [5.41, 5.74) is 9.81. The van der Waals surface area contributed by atoms with E-state index in [4.69, 9.17) is 4.42 Å². The average Bonchev–Trinajstić information content (AvgIpc) is 3.54. The topological polar surface area (TPSA) is 16.4 Å². The predicted octanol–water partition coefficient (Wildman–Crippen LogP) is 13.8. The van der Waals surface area contributed by atoms with Crippen LogP contribution in [-0.2, 0) is 0 Å². The molecule has 234 valence electrons. The van der Waals surface area contributed by atoms with Gasteiger partial charge in [0.15, 0.2) is 0 Å². The molecule has 2 nitrogen and oxygen atoms in total. The van der Waals surface area contributed by atoms with Crippen LogP contribution in [0.4, 0.5) is 17.1 Å². The van der Waals surface area contributed by atoms with E-state index in [2.05, 4.69) is 193 Å². The number of anilines is 3. The average molecular weight is 638 g/mol. The van der Waals surface area contributed by atoms with Crippen molar-refractivity contribution in [2.45, 2.75) is 0 Å². The minimum Gasteiger partial charge on any atom is -0.456 e. The van der Waals surface area contributed by atoms with E-state index in [9.17, 15) is 0 Å². The molecule has 10 aromatic rings. The highest BCUT2D eigenvalue weighted by molar-refractivity contribution is 6.15. The maximum Gasteiger partial charge on any atom is 0.136 e. The lowest BCUT2D eigenvalue weighted by atomic mass is 9.92. The van der Waals surface area contributed by atoms with Gasteiger partial charge in [-0.15, -0.1) is 0 Å². The lowest BCUT2D eigenvalue weighted by Gasteiger charge is -2.28. The molecule has 0 N–H and O–H groups in total. The van der Waals surface area contributed by atoms with E-state index < -0.39 is 0 Å². The molecule has 0 unspecified atom stereocenters. The van der Waals surface area contributed by atoms with E-state index in [-0.39, 0.29) is 0 Å². The standard InChI is InChI=1S/C48H31NO/c1-2-12-32(13-3-1)33-22-24-37(25-23-33)49(38-26-27-47-45(31-38)44-28-34-14-4-5-15-35(34)30-48(44)50-47)46-21-11-10-20-42(46)43-29-36-16-6-7-17-39(36)40-18-8-9-19-41(40)43/h1-31H. The van der Waals surface area contributed by atoms with Gasteiger partial charge in [-0.05, 0) is 104 Å². The van der Waals surface area contributed by atoms with Crippen molar-refractivity contribution >= 4 is 71.3 Å². The molecule has 0 aliphatic carbocycles. The second-order valence-electron chi connectivity index (χ2n) is 12.9. The smallest absolute Gasteiger partial charge is 0.136 e. The Morgan fingerprint density at radius 3 is 1.74 bits per heavy atom. The Morgan fingerprint density at radius 2 is 0.920 bits per heavy atom. The zero-order chi connectivity index (χ0) is 33.0. The van der Waals surface area contributed by atoms with Gasteiger partial charge in [0.2, 0.25) is 0 Å². The summed E-state index contributed by atoms with van der Waals surface area (Å²) in [5, 5.41) is 9.59. The van der Waals surface area contributed by atoms with Crippen molar-refractivity contribution in [2.75, 3.05) is 4.90 Å². The van der Waals surface area contributed by atoms with Crippen LogP contribution < -0.4 is 4.90 Å². The Balaban J connectivity index is 1.22. The lowest BCUT2D eigenvalue weighted by molar-refractivity contribution is 0.669. The van der Waals surface area contributed by atoms with Crippen LogP contribution in [0.1, 0.15) is 0 Å². The maximum absolute atomic E-state index is 6.44. The Labute approximate surface area is 290 Å². The van der Waals surface area contributed by atoms with E-state index in [1.807, 2.05) is 0 Å². The van der Waals surface area contributed by atoms with Crippen LogP contribution >= 0.6 is 0 Å². The molecule has 10 rings (SSSR count). The van der Waals surface area contributed by atoms with Crippen molar-refractivity contribution in [3.63, 3.8) is 0 Å². The lowest BCUT2D eigenvalue weighted by Crippen LogP contribution is -2.11. The largest absolute Gasteiger partial charge is 0.456 e. The predicted molar refractivity (Wildman–Crippen MR) is 212 cm³/mol. The van der Waals surface area contributed by atoms with Gasteiger partial charge in [0, 0.05) is 27.7 Å². The van der Waals surface area contributed by atoms with Crippen LogP contribution in [0.25, 0.3) is 76.5 Å². The van der Waals surface area contributed by atoms with E-state index in [0.29, 0.717) is 0 Å². The molecule has 0 radical (unpaired) electrons. The number of nitrogens with zero attached hydrogens (tertiary/aromatic N) is 1. The summed E-state index contributed by atoms with van der Waals surface area (Å²) in [7, 11) is 0. The summed E-state index contributed by atoms with van der Waals surface area (Å²) in [6.45, 7) is 0. The molecule has 1 aromatic heterocycles. The number of hydrogen-bond acceptors (Lipinski definition) is 2. The van der Waals surface area contributed by atoms with Gasteiger partial charge in [-0.25, -0.2) is 0 Å². The summed E-state index contributed by atoms with van der Waals surface area (Å²) in [4.78, 5) is 2.40. The molecule has 0 aliphatic heterocycles. The van der Waals surface area contributed by atoms with Crippen molar-refractivity contribution in [1.82, 2.24) is 0 Å². The quantitative estimate of drug-likeness (QED) is 0.175. The van der Waals surface area contributed by atoms with Gasteiger partial charge in [0.05, 0.1) is 5.69 Å². The molecule has 0 aliphatic rings. The molecular weight excluding hydrogens is 607 g/mol. The van der Waals surface area contributed by atoms with Gasteiger partial charge in [-0.1, -0.05) is 133 Å². The third-order valence-corrected chi connectivity index (χ3v) is 10.0. The van der Waals surface area contributed by atoms with Crippen molar-refractivity contribution < 1.29 is 4.42 Å². The van der Waals surface area contributed by atoms with Gasteiger partial charge >= 0.3 is 0 Å². The summed E-state index contributed by atoms with van der Waals surface area (Å²) in [6, 6.07) is 67.6. The van der Waals surface area contributed by atoms with E-state index in [1.54, 1.807) is 0 Å². The fraction of sp³-hybridized carbons (Fsp3) is 0. The molecule has 0 amide bonds. The van der Waals surface area contributed by atoms with Gasteiger partial charge < -0.3 is 9.32 Å². The number of benzene rings is 9. The minimum atomic E-state index is 0.882. The first-order chi connectivity index (χ1) is 24.8. The number of furan rings is 1. The van der Waals surface area contributed by atoms with Crippen molar-refractivity contribution in [1.29, 1.82) is 0 Å².